The first-order valence-electron chi connectivity index (χ1n) is 15.3. The van der Waals surface area contributed by atoms with Crippen LogP contribution in [0, 0.1) is 11.7 Å². The van der Waals surface area contributed by atoms with Gasteiger partial charge in [-0.3, -0.25) is 29.8 Å². The van der Waals surface area contributed by atoms with Crippen LogP contribution in [-0.2, 0) is 38.7 Å². The Balaban J connectivity index is 1.16. The number of carbonyl (C=O) groups excluding carboxylic acids is 4. The number of amides is 3. The molecule has 4 aliphatic rings. The van der Waals surface area contributed by atoms with Crippen LogP contribution in [0.15, 0.2) is 42.5 Å². The maximum Gasteiger partial charge on any atom is 0.326 e. The van der Waals surface area contributed by atoms with Gasteiger partial charge in [-0.25, -0.2) is 4.39 Å². The molecule has 2 aromatic carbocycles. The molecule has 2 heterocycles. The Labute approximate surface area is 245 Å². The first kappa shape index (κ1) is 28.5. The largest absolute Gasteiger partial charge is 0.459 e. The fourth-order valence-electron chi connectivity index (χ4n) is 7.34. The molecule has 222 valence electrons. The van der Waals surface area contributed by atoms with Gasteiger partial charge in [-0.2, -0.15) is 0 Å². The summed E-state index contributed by atoms with van der Waals surface area (Å²) in [6.07, 6.45) is 8.20. The van der Waals surface area contributed by atoms with E-state index in [0.29, 0.717) is 17.5 Å². The van der Waals surface area contributed by atoms with Crippen LogP contribution in [0.4, 0.5) is 4.39 Å². The van der Waals surface area contributed by atoms with Crippen LogP contribution in [0.5, 0.6) is 0 Å². The number of fused-ring (bicyclic) bond motifs is 1. The third kappa shape index (κ3) is 5.59. The zero-order valence-electron chi connectivity index (χ0n) is 23.8. The molecule has 2 aliphatic heterocycles. The van der Waals surface area contributed by atoms with Crippen molar-refractivity contribution in [3.05, 3.63) is 70.5 Å². The van der Waals surface area contributed by atoms with Crippen molar-refractivity contribution in [1.82, 2.24) is 15.5 Å². The molecule has 8 nitrogen and oxygen atoms in total. The molecule has 0 spiro atoms. The zero-order valence-corrected chi connectivity index (χ0v) is 23.8. The van der Waals surface area contributed by atoms with Gasteiger partial charge in [-0.1, -0.05) is 62.1 Å². The van der Waals surface area contributed by atoms with Gasteiger partial charge < -0.3 is 9.64 Å². The quantitative estimate of drug-likeness (QED) is 0.359. The molecule has 2 aromatic rings. The number of benzene rings is 2. The van der Waals surface area contributed by atoms with Gasteiger partial charge in [0.2, 0.25) is 11.8 Å². The monoisotopic (exact) mass is 575 g/mol. The van der Waals surface area contributed by atoms with E-state index in [-0.39, 0.29) is 61.3 Å². The summed E-state index contributed by atoms with van der Waals surface area (Å²) in [4.78, 5) is 51.9. The lowest BCUT2D eigenvalue weighted by Gasteiger charge is -2.39. The average molecular weight is 576 g/mol. The number of imide groups is 1. The van der Waals surface area contributed by atoms with Crippen LogP contribution >= 0.6 is 0 Å². The molecule has 6 rings (SSSR count). The van der Waals surface area contributed by atoms with Gasteiger partial charge in [0.05, 0.1) is 6.54 Å². The summed E-state index contributed by atoms with van der Waals surface area (Å²) >= 11 is 0. The van der Waals surface area contributed by atoms with Gasteiger partial charge in [-0.05, 0) is 61.6 Å². The molecule has 0 bridgehead atoms. The summed E-state index contributed by atoms with van der Waals surface area (Å²) in [5.74, 6) is -1.70. The summed E-state index contributed by atoms with van der Waals surface area (Å²) < 4.78 is 21.8. The number of rotatable bonds is 8. The summed E-state index contributed by atoms with van der Waals surface area (Å²) in [6, 6.07) is 12.3. The first-order valence-corrected chi connectivity index (χ1v) is 15.3. The first-order chi connectivity index (χ1) is 20.3. The maximum atomic E-state index is 16.0. The van der Waals surface area contributed by atoms with Crippen molar-refractivity contribution in [3.8, 4) is 0 Å². The van der Waals surface area contributed by atoms with E-state index in [9.17, 15) is 19.2 Å². The highest BCUT2D eigenvalue weighted by Crippen LogP contribution is 2.37. The van der Waals surface area contributed by atoms with Gasteiger partial charge in [0.25, 0.3) is 5.91 Å². The summed E-state index contributed by atoms with van der Waals surface area (Å²) in [5, 5.41) is 6.03. The molecule has 2 N–H and O–H groups in total. The third-order valence-corrected chi connectivity index (χ3v) is 9.64. The highest BCUT2D eigenvalue weighted by atomic mass is 19.1. The van der Waals surface area contributed by atoms with E-state index < -0.39 is 23.3 Å². The van der Waals surface area contributed by atoms with E-state index in [4.69, 9.17) is 4.74 Å². The smallest absolute Gasteiger partial charge is 0.326 e. The highest BCUT2D eigenvalue weighted by molar-refractivity contribution is 6.05. The number of nitrogens with zero attached hydrogens (tertiary/aromatic N) is 1. The Hall–Kier alpha value is -3.59. The van der Waals surface area contributed by atoms with Crippen molar-refractivity contribution >= 4 is 23.7 Å². The van der Waals surface area contributed by atoms with Gasteiger partial charge >= 0.3 is 5.97 Å². The molecule has 1 unspecified atom stereocenters. The second-order valence-corrected chi connectivity index (χ2v) is 12.3. The second kappa shape index (κ2) is 12.0. The van der Waals surface area contributed by atoms with E-state index in [2.05, 4.69) is 10.6 Å². The van der Waals surface area contributed by atoms with Gasteiger partial charge in [0.15, 0.2) is 0 Å². The Morgan fingerprint density at radius 3 is 2.52 bits per heavy atom. The Kier molecular flexibility index (Phi) is 8.12. The molecule has 3 atom stereocenters. The predicted molar refractivity (Wildman–Crippen MR) is 152 cm³/mol. The van der Waals surface area contributed by atoms with Crippen molar-refractivity contribution < 1.29 is 28.3 Å². The van der Waals surface area contributed by atoms with E-state index in [1.165, 1.54) is 4.90 Å². The minimum atomic E-state index is -0.776. The number of nitrogens with one attached hydrogen (secondary N) is 2. The standard InChI is InChI=1S/C33H38FN3O5/c34-29-23(12-13-24-25(29)19-37(31(24)40)27-14-15-28(38)35-30(27)39)18-22-10-4-5-11-26(22)36-33(16-6-7-17-33)32(41)42-20-21-8-2-1-3-9-21/h1-3,8-9,12-13,22,26-27,36H,4-7,10-11,14-20H2,(H,35,38,39)/t22-,26+,27?/m1/s1. The molecule has 1 saturated heterocycles. The van der Waals surface area contributed by atoms with Crippen molar-refractivity contribution in [2.24, 2.45) is 5.92 Å². The van der Waals surface area contributed by atoms with Crippen molar-refractivity contribution in [3.63, 3.8) is 0 Å². The van der Waals surface area contributed by atoms with Crippen LogP contribution in [-0.4, -0.2) is 46.2 Å². The third-order valence-electron chi connectivity index (χ3n) is 9.64. The number of ether oxygens (including phenoxy) is 1. The predicted octanol–water partition coefficient (Wildman–Crippen LogP) is 4.33. The molecule has 0 aromatic heterocycles. The van der Waals surface area contributed by atoms with Crippen LogP contribution in [0.1, 0.15) is 91.3 Å². The number of carbonyl (C=O) groups is 4. The summed E-state index contributed by atoms with van der Waals surface area (Å²) in [6.45, 7) is 0.259. The van der Waals surface area contributed by atoms with Gasteiger partial charge in [0.1, 0.15) is 24.0 Å². The molecule has 42 heavy (non-hydrogen) atoms. The van der Waals surface area contributed by atoms with Gasteiger partial charge in [-0.15, -0.1) is 0 Å². The molecule has 3 amide bonds. The Morgan fingerprint density at radius 2 is 1.76 bits per heavy atom. The summed E-state index contributed by atoms with van der Waals surface area (Å²) in [7, 11) is 0. The van der Waals surface area contributed by atoms with Crippen LogP contribution in [0.2, 0.25) is 0 Å². The van der Waals surface area contributed by atoms with Crippen LogP contribution < -0.4 is 10.6 Å². The molecule has 0 radical (unpaired) electrons. The van der Waals surface area contributed by atoms with Crippen molar-refractivity contribution in [2.45, 2.75) is 101 Å². The average Bonchev–Trinajstić information content (AvgIpc) is 3.60. The van der Waals surface area contributed by atoms with Crippen molar-refractivity contribution in [1.29, 1.82) is 0 Å². The van der Waals surface area contributed by atoms with Crippen LogP contribution in [0.3, 0.4) is 0 Å². The molecule has 2 aliphatic carbocycles. The second-order valence-electron chi connectivity index (χ2n) is 12.3. The molecular formula is C33H38FN3O5. The lowest BCUT2D eigenvalue weighted by molar-refractivity contribution is -0.153. The van der Waals surface area contributed by atoms with E-state index in [1.54, 1.807) is 12.1 Å². The van der Waals surface area contributed by atoms with Crippen molar-refractivity contribution in [2.75, 3.05) is 0 Å². The Morgan fingerprint density at radius 1 is 1.00 bits per heavy atom. The minimum absolute atomic E-state index is 0.0167. The lowest BCUT2D eigenvalue weighted by Crippen LogP contribution is -2.57. The maximum absolute atomic E-state index is 16.0. The molecule has 9 heteroatoms. The number of hydrogen-bond acceptors (Lipinski definition) is 6. The fraction of sp³-hybridized carbons (Fsp3) is 0.515. The molecule has 3 fully saturated rings. The number of halogens is 1. The minimum Gasteiger partial charge on any atom is -0.459 e. The topological polar surface area (TPSA) is 105 Å². The fourth-order valence-corrected chi connectivity index (χ4v) is 7.34. The number of piperidine rings is 1. The molecule has 2 saturated carbocycles. The summed E-state index contributed by atoms with van der Waals surface area (Å²) in [5.41, 5.74) is 1.39. The molecular weight excluding hydrogens is 537 g/mol. The number of hydrogen-bond donors (Lipinski definition) is 2. The van der Waals surface area contributed by atoms with E-state index >= 15 is 4.39 Å². The normalized spacial score (nSPS) is 25.3. The zero-order chi connectivity index (χ0) is 29.3. The number of esters is 1. The lowest BCUT2D eigenvalue weighted by atomic mass is 9.78. The SMILES string of the molecule is O=C1CCC(N2Cc3c(ccc(C[C@H]4CCCC[C@@H]4NC4(C(=O)OCc5ccccc5)CCCC4)c3F)C2=O)C(=O)N1. The van der Waals surface area contributed by atoms with E-state index in [0.717, 1.165) is 56.9 Å². The van der Waals surface area contributed by atoms with Gasteiger partial charge in [0, 0.05) is 23.6 Å². The highest BCUT2D eigenvalue weighted by Gasteiger charge is 2.46. The van der Waals surface area contributed by atoms with Crippen LogP contribution in [0.25, 0.3) is 0 Å². The van der Waals surface area contributed by atoms with E-state index in [1.807, 2.05) is 30.3 Å². The Bertz CT molecular complexity index is 1370.